The third-order valence-electron chi connectivity index (χ3n) is 2.02. The number of hydrogen-bond donors (Lipinski definition) is 2. The molecule has 0 saturated heterocycles. The first-order valence-electron chi connectivity index (χ1n) is 4.83. The van der Waals surface area contributed by atoms with Gasteiger partial charge >= 0.3 is 0 Å². The number of aromatic nitrogens is 1. The third-order valence-corrected chi connectivity index (χ3v) is 2.02. The number of nitrogens with one attached hydrogen (secondary N) is 1. The van der Waals surface area contributed by atoms with Crippen LogP contribution in [0.15, 0.2) is 18.3 Å². The molecule has 0 bridgehead atoms. The lowest BCUT2D eigenvalue weighted by molar-refractivity contribution is 0.0942. The number of hydrogen-bond acceptors (Lipinski definition) is 2. The van der Waals surface area contributed by atoms with Gasteiger partial charge in [0, 0.05) is 25.9 Å². The van der Waals surface area contributed by atoms with Gasteiger partial charge in [0.25, 0.3) is 5.91 Å². The summed E-state index contributed by atoms with van der Waals surface area (Å²) >= 11 is 0. The number of amides is 1. The second kappa shape index (κ2) is 5.44. The van der Waals surface area contributed by atoms with Crippen LogP contribution in [0.3, 0.4) is 0 Å². The zero-order chi connectivity index (χ0) is 10.4. The van der Waals surface area contributed by atoms with Crippen LogP contribution in [0.4, 0.5) is 0 Å². The van der Waals surface area contributed by atoms with E-state index in [2.05, 4.69) is 5.32 Å². The highest BCUT2D eigenvalue weighted by Gasteiger charge is 2.08. The van der Waals surface area contributed by atoms with E-state index in [0.29, 0.717) is 18.7 Å². The molecule has 2 N–H and O–H groups in total. The van der Waals surface area contributed by atoms with Crippen molar-refractivity contribution >= 4 is 5.91 Å². The van der Waals surface area contributed by atoms with Gasteiger partial charge in [-0.1, -0.05) is 0 Å². The Morgan fingerprint density at radius 1 is 1.64 bits per heavy atom. The molecule has 14 heavy (non-hydrogen) atoms. The van der Waals surface area contributed by atoms with Crippen LogP contribution in [0.1, 0.15) is 23.8 Å². The van der Waals surface area contributed by atoms with Crippen LogP contribution >= 0.6 is 0 Å². The van der Waals surface area contributed by atoms with E-state index in [1.54, 1.807) is 6.07 Å². The van der Waals surface area contributed by atoms with Crippen LogP contribution in [0.25, 0.3) is 0 Å². The van der Waals surface area contributed by atoms with Crippen molar-refractivity contribution < 1.29 is 9.90 Å². The Hall–Kier alpha value is -1.29. The molecule has 1 aromatic heterocycles. The molecule has 0 spiro atoms. The highest BCUT2D eigenvalue weighted by Crippen LogP contribution is 2.01. The average Bonchev–Trinajstić information content (AvgIpc) is 2.65. The van der Waals surface area contributed by atoms with E-state index in [1.165, 1.54) is 0 Å². The molecule has 1 aromatic rings. The predicted molar refractivity (Wildman–Crippen MR) is 54.1 cm³/mol. The number of carbonyl (C=O) groups is 1. The largest absolute Gasteiger partial charge is 0.396 e. The molecule has 0 aliphatic rings. The lowest BCUT2D eigenvalue weighted by Gasteiger charge is -2.06. The molecule has 1 heterocycles. The summed E-state index contributed by atoms with van der Waals surface area (Å²) in [6.07, 6.45) is 2.47. The highest BCUT2D eigenvalue weighted by atomic mass is 16.3. The molecule has 0 atom stereocenters. The van der Waals surface area contributed by atoms with Crippen LogP contribution in [0.5, 0.6) is 0 Å². The maximum Gasteiger partial charge on any atom is 0.267 e. The van der Waals surface area contributed by atoms with Gasteiger partial charge in [-0.05, 0) is 25.5 Å². The summed E-state index contributed by atoms with van der Waals surface area (Å²) in [5, 5.41) is 11.3. The average molecular weight is 196 g/mol. The number of aliphatic hydroxyl groups excluding tert-OH is 1. The second-order valence-electron chi connectivity index (χ2n) is 3.01. The predicted octanol–water partition coefficient (Wildman–Crippen LogP) is 0.620. The van der Waals surface area contributed by atoms with Gasteiger partial charge in [0.05, 0.1) is 0 Å². The van der Waals surface area contributed by atoms with E-state index in [-0.39, 0.29) is 12.5 Å². The molecule has 0 fully saturated rings. The monoisotopic (exact) mass is 196 g/mol. The summed E-state index contributed by atoms with van der Waals surface area (Å²) in [5.41, 5.74) is 0.672. The van der Waals surface area contributed by atoms with Gasteiger partial charge in [0.1, 0.15) is 5.69 Å². The van der Waals surface area contributed by atoms with Crippen molar-refractivity contribution in [2.24, 2.45) is 0 Å². The van der Waals surface area contributed by atoms with Crippen molar-refractivity contribution in [3.05, 3.63) is 24.0 Å². The van der Waals surface area contributed by atoms with Crippen molar-refractivity contribution in [2.75, 3.05) is 13.2 Å². The standard InChI is InChI=1S/C10H16N2O2/c1-2-12-7-3-5-9(12)10(14)11-6-4-8-13/h3,5,7,13H,2,4,6,8H2,1H3,(H,11,14). The maximum absolute atomic E-state index is 11.5. The Balaban J connectivity index is 2.51. The molecule has 1 rings (SSSR count). The molecule has 4 nitrogen and oxygen atoms in total. The van der Waals surface area contributed by atoms with E-state index in [9.17, 15) is 4.79 Å². The molecule has 0 aliphatic carbocycles. The first-order valence-corrected chi connectivity index (χ1v) is 4.83. The lowest BCUT2D eigenvalue weighted by Crippen LogP contribution is -2.27. The molecular formula is C10H16N2O2. The first-order chi connectivity index (χ1) is 6.79. The Kier molecular flexibility index (Phi) is 4.19. The number of nitrogens with zero attached hydrogens (tertiary/aromatic N) is 1. The van der Waals surface area contributed by atoms with Crippen LogP contribution in [-0.2, 0) is 6.54 Å². The molecule has 1 amide bonds. The van der Waals surface area contributed by atoms with Crippen molar-refractivity contribution in [1.82, 2.24) is 9.88 Å². The molecule has 0 radical (unpaired) electrons. The lowest BCUT2D eigenvalue weighted by atomic mass is 10.3. The molecule has 4 heteroatoms. The number of aryl methyl sites for hydroxylation is 1. The molecule has 0 saturated carbocycles. The topological polar surface area (TPSA) is 54.3 Å². The fourth-order valence-corrected chi connectivity index (χ4v) is 1.27. The highest BCUT2D eigenvalue weighted by molar-refractivity contribution is 5.92. The smallest absolute Gasteiger partial charge is 0.267 e. The second-order valence-corrected chi connectivity index (χ2v) is 3.01. The molecule has 0 aliphatic heterocycles. The summed E-state index contributed by atoms with van der Waals surface area (Å²) in [7, 11) is 0. The first kappa shape index (κ1) is 10.8. The van der Waals surface area contributed by atoms with Gasteiger partial charge < -0.3 is 15.0 Å². The molecule has 0 aromatic carbocycles. The summed E-state index contributed by atoms with van der Waals surface area (Å²) in [6.45, 7) is 3.40. The Bertz CT molecular complexity index is 294. The Morgan fingerprint density at radius 2 is 2.43 bits per heavy atom. The maximum atomic E-state index is 11.5. The normalized spacial score (nSPS) is 10.1. The van der Waals surface area contributed by atoms with E-state index in [1.807, 2.05) is 23.8 Å². The zero-order valence-corrected chi connectivity index (χ0v) is 8.36. The molecular weight excluding hydrogens is 180 g/mol. The fourth-order valence-electron chi connectivity index (χ4n) is 1.27. The third kappa shape index (κ3) is 2.60. The Labute approximate surface area is 83.5 Å². The van der Waals surface area contributed by atoms with Crippen LogP contribution in [0, 0.1) is 0 Å². The van der Waals surface area contributed by atoms with Crippen LogP contribution in [-0.4, -0.2) is 28.7 Å². The van der Waals surface area contributed by atoms with Crippen molar-refractivity contribution in [1.29, 1.82) is 0 Å². The van der Waals surface area contributed by atoms with Crippen LogP contribution < -0.4 is 5.32 Å². The van der Waals surface area contributed by atoms with Gasteiger partial charge in [-0.15, -0.1) is 0 Å². The number of carbonyl (C=O) groups excluding carboxylic acids is 1. The molecule has 0 unspecified atom stereocenters. The van der Waals surface area contributed by atoms with Gasteiger partial charge in [0.15, 0.2) is 0 Å². The van der Waals surface area contributed by atoms with E-state index in [4.69, 9.17) is 5.11 Å². The number of aliphatic hydroxyl groups is 1. The van der Waals surface area contributed by atoms with Crippen LogP contribution in [0.2, 0.25) is 0 Å². The van der Waals surface area contributed by atoms with E-state index >= 15 is 0 Å². The van der Waals surface area contributed by atoms with E-state index < -0.39 is 0 Å². The minimum atomic E-state index is -0.0784. The summed E-state index contributed by atoms with van der Waals surface area (Å²) in [5.74, 6) is -0.0784. The summed E-state index contributed by atoms with van der Waals surface area (Å²) in [4.78, 5) is 11.5. The van der Waals surface area contributed by atoms with Gasteiger partial charge in [-0.3, -0.25) is 4.79 Å². The minimum Gasteiger partial charge on any atom is -0.396 e. The van der Waals surface area contributed by atoms with Gasteiger partial charge in [-0.2, -0.15) is 0 Å². The minimum absolute atomic E-state index is 0.0784. The number of rotatable bonds is 5. The molecule has 78 valence electrons. The Morgan fingerprint density at radius 3 is 3.07 bits per heavy atom. The van der Waals surface area contributed by atoms with Crippen molar-refractivity contribution in [3.63, 3.8) is 0 Å². The van der Waals surface area contributed by atoms with Gasteiger partial charge in [0.2, 0.25) is 0 Å². The summed E-state index contributed by atoms with van der Waals surface area (Å²) < 4.78 is 1.88. The zero-order valence-electron chi connectivity index (χ0n) is 8.36. The van der Waals surface area contributed by atoms with Crippen molar-refractivity contribution in [3.8, 4) is 0 Å². The van der Waals surface area contributed by atoms with E-state index in [0.717, 1.165) is 6.54 Å². The fraction of sp³-hybridized carbons (Fsp3) is 0.500. The van der Waals surface area contributed by atoms with Crippen molar-refractivity contribution in [2.45, 2.75) is 19.9 Å². The summed E-state index contributed by atoms with van der Waals surface area (Å²) in [6, 6.07) is 3.64. The quantitative estimate of drug-likeness (QED) is 0.678. The SMILES string of the molecule is CCn1cccc1C(=O)NCCCO. The van der Waals surface area contributed by atoms with Gasteiger partial charge in [-0.25, -0.2) is 0 Å².